The van der Waals surface area contributed by atoms with Crippen molar-refractivity contribution in [2.75, 3.05) is 7.11 Å². The van der Waals surface area contributed by atoms with Gasteiger partial charge in [0.1, 0.15) is 24.2 Å². The maximum Gasteiger partial charge on any atom is 0.307 e. The fourth-order valence-corrected chi connectivity index (χ4v) is 5.07. The molecule has 0 bridgehead atoms. The van der Waals surface area contributed by atoms with Crippen LogP contribution in [0.2, 0.25) is 0 Å². The molecule has 10 nitrogen and oxygen atoms in total. The summed E-state index contributed by atoms with van der Waals surface area (Å²) < 4.78 is 6.91. The maximum atomic E-state index is 11.0. The van der Waals surface area contributed by atoms with Crippen LogP contribution in [0.1, 0.15) is 36.3 Å². The number of aromatic nitrogens is 2. The average Bonchev–Trinajstić information content (AvgIpc) is 3.32. The topological polar surface area (TPSA) is 168 Å². The molecule has 170 valence electrons. The van der Waals surface area contributed by atoms with Crippen molar-refractivity contribution in [3.05, 3.63) is 74.8 Å². The number of rotatable bonds is 5. The van der Waals surface area contributed by atoms with Gasteiger partial charge in [-0.2, -0.15) is 20.9 Å². The van der Waals surface area contributed by atoms with Crippen molar-refractivity contribution in [3.63, 3.8) is 0 Å². The number of hydrogen-bond acceptors (Lipinski definition) is 8. The van der Waals surface area contributed by atoms with Crippen molar-refractivity contribution in [1.82, 2.24) is 9.78 Å². The standard InChI is InChI=1S/C24H21N7O3/c1-34-21-7-6-15(8-16(21)11-30-12-17(10-29-30)31(32)33)22-19-5-3-2-4-18(19)20(9-25)23(28)24(22,13-26)14-27/h4,6-8,10,12,19,22H,2-3,5,11,28H2,1H3. The van der Waals surface area contributed by atoms with Gasteiger partial charge in [0, 0.05) is 11.5 Å². The minimum Gasteiger partial charge on any atom is -0.496 e. The summed E-state index contributed by atoms with van der Waals surface area (Å²) >= 11 is 0. The summed E-state index contributed by atoms with van der Waals surface area (Å²) in [4.78, 5) is 10.5. The zero-order valence-electron chi connectivity index (χ0n) is 18.4. The third-order valence-corrected chi connectivity index (χ3v) is 6.63. The Hall–Kier alpha value is -4.62. The first-order valence-electron chi connectivity index (χ1n) is 10.7. The van der Waals surface area contributed by atoms with Gasteiger partial charge < -0.3 is 10.5 Å². The number of hydrogen-bond donors (Lipinski definition) is 1. The van der Waals surface area contributed by atoms with E-state index in [-0.39, 0.29) is 29.4 Å². The van der Waals surface area contributed by atoms with Crippen LogP contribution in [0.15, 0.2) is 53.5 Å². The Morgan fingerprint density at radius 1 is 1.35 bits per heavy atom. The van der Waals surface area contributed by atoms with E-state index in [1.165, 1.54) is 24.2 Å². The van der Waals surface area contributed by atoms with Crippen molar-refractivity contribution in [2.24, 2.45) is 17.1 Å². The Balaban J connectivity index is 1.87. The molecule has 10 heteroatoms. The number of nitrogens with two attached hydrogens (primary N) is 1. The third kappa shape index (κ3) is 3.44. The fourth-order valence-electron chi connectivity index (χ4n) is 5.07. The smallest absolute Gasteiger partial charge is 0.307 e. The lowest BCUT2D eigenvalue weighted by molar-refractivity contribution is -0.385. The lowest BCUT2D eigenvalue weighted by atomic mass is 9.56. The minimum absolute atomic E-state index is 0.0190. The van der Waals surface area contributed by atoms with Crippen molar-refractivity contribution in [1.29, 1.82) is 15.8 Å². The molecule has 34 heavy (non-hydrogen) atoms. The van der Waals surface area contributed by atoms with Crippen LogP contribution < -0.4 is 10.5 Å². The highest BCUT2D eigenvalue weighted by atomic mass is 16.6. The van der Waals surface area contributed by atoms with Gasteiger partial charge in [0.25, 0.3) is 0 Å². The summed E-state index contributed by atoms with van der Waals surface area (Å²) in [6.07, 6.45) is 6.86. The molecule has 2 aliphatic carbocycles. The third-order valence-electron chi connectivity index (χ3n) is 6.63. The number of methoxy groups -OCH3 is 1. The van der Waals surface area contributed by atoms with Crippen molar-refractivity contribution < 1.29 is 9.66 Å². The Kier molecular flexibility index (Phi) is 5.79. The SMILES string of the molecule is COc1ccc(C2C3CCCC=C3C(C#N)=C(N)C2(C#N)C#N)cc1Cn1cc([N+](=O)[O-])cn1. The van der Waals surface area contributed by atoms with Crippen LogP contribution in [-0.4, -0.2) is 21.8 Å². The molecule has 0 saturated carbocycles. The average molecular weight is 455 g/mol. The van der Waals surface area contributed by atoms with E-state index in [1.807, 2.05) is 12.1 Å². The molecule has 0 fully saturated rings. The van der Waals surface area contributed by atoms with Crippen LogP contribution >= 0.6 is 0 Å². The molecule has 0 spiro atoms. The molecular weight excluding hydrogens is 434 g/mol. The van der Waals surface area contributed by atoms with E-state index in [0.29, 0.717) is 23.3 Å². The molecule has 4 rings (SSSR count). The lowest BCUT2D eigenvalue weighted by Crippen LogP contribution is -2.42. The van der Waals surface area contributed by atoms with Gasteiger partial charge in [-0.15, -0.1) is 0 Å². The molecule has 2 aromatic rings. The van der Waals surface area contributed by atoms with E-state index in [4.69, 9.17) is 10.5 Å². The number of allylic oxidation sites excluding steroid dienone is 4. The summed E-state index contributed by atoms with van der Waals surface area (Å²) in [6.45, 7) is 0.186. The maximum absolute atomic E-state index is 11.0. The van der Waals surface area contributed by atoms with E-state index in [1.54, 1.807) is 12.1 Å². The van der Waals surface area contributed by atoms with Gasteiger partial charge in [0.15, 0.2) is 5.41 Å². The second-order valence-corrected chi connectivity index (χ2v) is 8.33. The van der Waals surface area contributed by atoms with Crippen molar-refractivity contribution in [3.8, 4) is 24.0 Å². The van der Waals surface area contributed by atoms with E-state index >= 15 is 0 Å². The zero-order chi connectivity index (χ0) is 24.5. The predicted octanol–water partition coefficient (Wildman–Crippen LogP) is 3.44. The first-order valence-corrected chi connectivity index (χ1v) is 10.7. The van der Waals surface area contributed by atoms with Gasteiger partial charge in [-0.25, -0.2) is 0 Å². The van der Waals surface area contributed by atoms with Gasteiger partial charge >= 0.3 is 5.69 Å². The molecule has 2 N–H and O–H groups in total. The molecule has 0 saturated heterocycles. The minimum atomic E-state index is -1.71. The number of nitro groups is 1. The predicted molar refractivity (Wildman–Crippen MR) is 120 cm³/mol. The molecule has 0 amide bonds. The Bertz CT molecular complexity index is 1340. The Labute approximate surface area is 195 Å². The molecule has 2 unspecified atom stereocenters. The number of fused-ring (bicyclic) bond motifs is 1. The largest absolute Gasteiger partial charge is 0.496 e. The van der Waals surface area contributed by atoms with Crippen LogP contribution in [0.25, 0.3) is 0 Å². The quantitative estimate of drug-likeness (QED) is 0.528. The second kappa shape index (κ2) is 8.73. The first kappa shape index (κ1) is 22.6. The van der Waals surface area contributed by atoms with Crippen molar-refractivity contribution in [2.45, 2.75) is 31.7 Å². The summed E-state index contributed by atoms with van der Waals surface area (Å²) in [6, 6.07) is 11.8. The van der Waals surface area contributed by atoms with Gasteiger partial charge in [-0.1, -0.05) is 12.1 Å². The number of nitrogens with zero attached hydrogens (tertiary/aromatic N) is 6. The molecule has 2 atom stereocenters. The Morgan fingerprint density at radius 2 is 2.12 bits per heavy atom. The molecule has 2 aliphatic rings. The zero-order valence-corrected chi connectivity index (χ0v) is 18.4. The second-order valence-electron chi connectivity index (χ2n) is 8.33. The van der Waals surface area contributed by atoms with E-state index < -0.39 is 16.3 Å². The van der Waals surface area contributed by atoms with E-state index in [0.717, 1.165) is 18.4 Å². The highest BCUT2D eigenvalue weighted by molar-refractivity contribution is 5.59. The molecule has 0 aliphatic heterocycles. The van der Waals surface area contributed by atoms with E-state index in [2.05, 4.69) is 23.3 Å². The van der Waals surface area contributed by atoms with Crippen LogP contribution in [0, 0.1) is 55.4 Å². The lowest BCUT2D eigenvalue weighted by Gasteiger charge is -2.43. The van der Waals surface area contributed by atoms with Crippen LogP contribution in [0.5, 0.6) is 5.75 Å². The number of benzene rings is 1. The summed E-state index contributed by atoms with van der Waals surface area (Å²) in [5.74, 6) is -0.275. The van der Waals surface area contributed by atoms with Gasteiger partial charge in [0.2, 0.25) is 0 Å². The van der Waals surface area contributed by atoms with Gasteiger partial charge in [-0.05, 0) is 48.4 Å². The summed E-state index contributed by atoms with van der Waals surface area (Å²) in [7, 11) is 1.52. The van der Waals surface area contributed by atoms with Gasteiger partial charge in [-0.3, -0.25) is 14.8 Å². The Morgan fingerprint density at radius 3 is 2.74 bits per heavy atom. The first-order chi connectivity index (χ1) is 16.4. The van der Waals surface area contributed by atoms with E-state index in [9.17, 15) is 25.9 Å². The molecule has 1 aromatic carbocycles. The fraction of sp³-hybridized carbons (Fsp3) is 0.333. The number of nitriles is 3. The van der Waals surface area contributed by atoms with Crippen LogP contribution in [0.4, 0.5) is 5.69 Å². The molecule has 1 aromatic heterocycles. The van der Waals surface area contributed by atoms with Crippen molar-refractivity contribution >= 4 is 5.69 Å². The normalized spacial score (nSPS) is 20.8. The van der Waals surface area contributed by atoms with Crippen LogP contribution in [-0.2, 0) is 6.54 Å². The molecular formula is C24H21N7O3. The monoisotopic (exact) mass is 455 g/mol. The van der Waals surface area contributed by atoms with Gasteiger partial charge in [0.05, 0.1) is 42.0 Å². The summed E-state index contributed by atoms with van der Waals surface area (Å²) in [5, 5.41) is 45.2. The summed E-state index contributed by atoms with van der Waals surface area (Å²) in [5.41, 5.74) is 6.88. The molecule has 0 radical (unpaired) electrons. The highest BCUT2D eigenvalue weighted by Crippen LogP contribution is 2.56. The molecule has 1 heterocycles. The number of ether oxygens (including phenoxy) is 1. The highest BCUT2D eigenvalue weighted by Gasteiger charge is 2.53. The van der Waals surface area contributed by atoms with Crippen LogP contribution in [0.3, 0.4) is 0 Å².